The number of hydrogen-bond acceptors (Lipinski definition) is 5. The number of nitrogens with one attached hydrogen (secondary N) is 2. The minimum atomic E-state index is -0.243. The molecule has 1 saturated carbocycles. The zero-order chi connectivity index (χ0) is 16.6. The first-order valence-electron chi connectivity index (χ1n) is 8.26. The Bertz CT molecular complexity index is 743. The van der Waals surface area contributed by atoms with Gasteiger partial charge in [-0.25, -0.2) is 4.68 Å². The molecule has 0 spiro atoms. The van der Waals surface area contributed by atoms with E-state index in [0.717, 1.165) is 25.7 Å². The molecule has 2 unspecified atom stereocenters. The lowest BCUT2D eigenvalue weighted by Gasteiger charge is -2.22. The quantitative estimate of drug-likeness (QED) is 0.799. The molecule has 2 atom stereocenters. The molecule has 0 aliphatic heterocycles. The van der Waals surface area contributed by atoms with Crippen LogP contribution in [-0.2, 0) is 5.54 Å². The van der Waals surface area contributed by atoms with Crippen LogP contribution in [0.2, 0.25) is 0 Å². The van der Waals surface area contributed by atoms with Crippen molar-refractivity contribution in [1.29, 1.82) is 0 Å². The first-order chi connectivity index (χ1) is 10.9. The van der Waals surface area contributed by atoms with Gasteiger partial charge in [0.1, 0.15) is 5.39 Å². The van der Waals surface area contributed by atoms with Crippen LogP contribution >= 0.6 is 0 Å². The van der Waals surface area contributed by atoms with Crippen LogP contribution in [0, 0.1) is 5.92 Å². The molecular weight excluding hydrogens is 294 g/mol. The lowest BCUT2D eigenvalue weighted by Crippen LogP contribution is -2.28. The van der Waals surface area contributed by atoms with Gasteiger partial charge < -0.3 is 10.4 Å². The number of anilines is 1. The molecule has 2 heterocycles. The van der Waals surface area contributed by atoms with E-state index in [4.69, 9.17) is 0 Å². The SMILES string of the molecule is CC(C)(C)n1ncc2c(=O)[nH]c(NC3CCCC3CCO)nc21. The van der Waals surface area contributed by atoms with Gasteiger partial charge in [-0.15, -0.1) is 0 Å². The molecule has 7 nitrogen and oxygen atoms in total. The Balaban J connectivity index is 1.94. The fraction of sp³-hybridized carbons (Fsp3) is 0.688. The zero-order valence-corrected chi connectivity index (χ0v) is 14.0. The Labute approximate surface area is 135 Å². The lowest BCUT2D eigenvalue weighted by molar-refractivity contribution is 0.254. The van der Waals surface area contributed by atoms with Crippen molar-refractivity contribution in [2.45, 2.75) is 58.0 Å². The number of H-pyrrole nitrogens is 1. The van der Waals surface area contributed by atoms with Gasteiger partial charge in [0.25, 0.3) is 5.56 Å². The maximum absolute atomic E-state index is 12.3. The van der Waals surface area contributed by atoms with Gasteiger partial charge in [0, 0.05) is 12.6 Å². The average molecular weight is 319 g/mol. The summed E-state index contributed by atoms with van der Waals surface area (Å²) in [6.45, 7) is 6.29. The Morgan fingerprint density at radius 3 is 2.91 bits per heavy atom. The number of nitrogens with zero attached hydrogens (tertiary/aromatic N) is 3. The van der Waals surface area contributed by atoms with E-state index in [1.165, 1.54) is 0 Å². The third kappa shape index (κ3) is 3.10. The second-order valence-corrected chi connectivity index (χ2v) is 7.33. The van der Waals surface area contributed by atoms with Crippen LogP contribution in [0.4, 0.5) is 5.95 Å². The number of hydrogen-bond donors (Lipinski definition) is 3. The largest absolute Gasteiger partial charge is 0.396 e. The van der Waals surface area contributed by atoms with Crippen LogP contribution in [0.25, 0.3) is 11.0 Å². The molecule has 3 N–H and O–H groups in total. The average Bonchev–Trinajstić information content (AvgIpc) is 3.06. The predicted octanol–water partition coefficient (Wildman–Crippen LogP) is 1.84. The highest BCUT2D eigenvalue weighted by Crippen LogP contribution is 2.30. The highest BCUT2D eigenvalue weighted by atomic mass is 16.3. The van der Waals surface area contributed by atoms with E-state index in [0.29, 0.717) is 22.9 Å². The van der Waals surface area contributed by atoms with Crippen LogP contribution in [0.1, 0.15) is 46.5 Å². The van der Waals surface area contributed by atoms with Crippen LogP contribution < -0.4 is 10.9 Å². The van der Waals surface area contributed by atoms with E-state index in [1.54, 1.807) is 10.9 Å². The second kappa shape index (κ2) is 5.96. The molecular formula is C16H25N5O2. The summed E-state index contributed by atoms with van der Waals surface area (Å²) in [6, 6.07) is 0.244. The molecule has 2 aromatic heterocycles. The first-order valence-corrected chi connectivity index (χ1v) is 8.26. The summed E-state index contributed by atoms with van der Waals surface area (Å²) in [5.41, 5.74) is 0.178. The first kappa shape index (κ1) is 16.0. The van der Waals surface area contributed by atoms with Gasteiger partial charge in [0.15, 0.2) is 5.65 Å². The standard InChI is InChI=1S/C16H25N5O2/c1-16(2,3)21-13-11(9-17-21)14(23)20-15(19-13)18-12-6-4-5-10(12)7-8-22/h9-10,12,22H,4-8H2,1-3H3,(H2,18,19,20,23). The summed E-state index contributed by atoms with van der Waals surface area (Å²) in [5.74, 6) is 0.914. The molecule has 2 aromatic rings. The van der Waals surface area contributed by atoms with Gasteiger partial charge >= 0.3 is 0 Å². The van der Waals surface area contributed by atoms with E-state index >= 15 is 0 Å². The normalized spacial score (nSPS) is 21.9. The van der Waals surface area contributed by atoms with Crippen molar-refractivity contribution in [3.05, 3.63) is 16.6 Å². The maximum Gasteiger partial charge on any atom is 0.263 e. The van der Waals surface area contributed by atoms with Crippen molar-refractivity contribution in [3.8, 4) is 0 Å². The van der Waals surface area contributed by atoms with Gasteiger partial charge in [0.2, 0.25) is 5.95 Å². The highest BCUT2D eigenvalue weighted by molar-refractivity contribution is 5.74. The van der Waals surface area contributed by atoms with Gasteiger partial charge in [-0.3, -0.25) is 9.78 Å². The van der Waals surface area contributed by atoms with E-state index in [9.17, 15) is 9.90 Å². The van der Waals surface area contributed by atoms with Crippen LogP contribution in [0.3, 0.4) is 0 Å². The van der Waals surface area contributed by atoms with Gasteiger partial charge in [-0.05, 0) is 46.0 Å². The molecule has 1 aliphatic carbocycles. The third-order valence-electron chi connectivity index (χ3n) is 4.55. The van der Waals surface area contributed by atoms with E-state index < -0.39 is 0 Å². The molecule has 126 valence electrons. The summed E-state index contributed by atoms with van der Waals surface area (Å²) in [6.07, 6.45) is 5.62. The van der Waals surface area contributed by atoms with Gasteiger partial charge in [-0.2, -0.15) is 10.1 Å². The minimum absolute atomic E-state index is 0.176. The molecule has 1 fully saturated rings. The van der Waals surface area contributed by atoms with Crippen molar-refractivity contribution < 1.29 is 5.11 Å². The number of aromatic amines is 1. The molecule has 0 aromatic carbocycles. The summed E-state index contributed by atoms with van der Waals surface area (Å²) < 4.78 is 1.78. The van der Waals surface area contributed by atoms with E-state index in [2.05, 4.69) is 20.4 Å². The summed E-state index contributed by atoms with van der Waals surface area (Å²) in [4.78, 5) is 19.7. The van der Waals surface area contributed by atoms with Crippen LogP contribution in [-0.4, -0.2) is 37.5 Å². The Morgan fingerprint density at radius 1 is 1.43 bits per heavy atom. The van der Waals surface area contributed by atoms with E-state index in [-0.39, 0.29) is 23.7 Å². The smallest absolute Gasteiger partial charge is 0.263 e. The molecule has 1 aliphatic rings. The van der Waals surface area contributed by atoms with Crippen molar-refractivity contribution in [2.24, 2.45) is 5.92 Å². The lowest BCUT2D eigenvalue weighted by atomic mass is 10.0. The number of fused-ring (bicyclic) bond motifs is 1. The molecule has 0 radical (unpaired) electrons. The maximum atomic E-state index is 12.3. The summed E-state index contributed by atoms with van der Waals surface area (Å²) in [7, 11) is 0. The van der Waals surface area contributed by atoms with Crippen LogP contribution in [0.15, 0.2) is 11.0 Å². The molecule has 0 amide bonds. The Hall–Kier alpha value is -1.89. The van der Waals surface area contributed by atoms with E-state index in [1.807, 2.05) is 20.8 Å². The monoisotopic (exact) mass is 319 g/mol. The number of rotatable bonds is 4. The van der Waals surface area contributed by atoms with Crippen molar-refractivity contribution in [1.82, 2.24) is 19.7 Å². The molecule has 7 heteroatoms. The Kier molecular flexibility index (Phi) is 4.14. The molecule has 0 saturated heterocycles. The number of aliphatic hydroxyl groups is 1. The van der Waals surface area contributed by atoms with Crippen molar-refractivity contribution in [2.75, 3.05) is 11.9 Å². The third-order valence-corrected chi connectivity index (χ3v) is 4.55. The molecule has 23 heavy (non-hydrogen) atoms. The van der Waals surface area contributed by atoms with Gasteiger partial charge in [0.05, 0.1) is 11.7 Å². The van der Waals surface area contributed by atoms with Crippen molar-refractivity contribution >= 4 is 17.0 Å². The highest BCUT2D eigenvalue weighted by Gasteiger charge is 2.27. The second-order valence-electron chi connectivity index (χ2n) is 7.33. The zero-order valence-electron chi connectivity index (χ0n) is 14.0. The van der Waals surface area contributed by atoms with Crippen molar-refractivity contribution in [3.63, 3.8) is 0 Å². The van der Waals surface area contributed by atoms with Gasteiger partial charge in [-0.1, -0.05) is 6.42 Å². The molecule has 3 rings (SSSR count). The minimum Gasteiger partial charge on any atom is -0.396 e. The fourth-order valence-corrected chi connectivity index (χ4v) is 3.39. The Morgan fingerprint density at radius 2 is 2.22 bits per heavy atom. The number of aromatic nitrogens is 4. The fourth-order valence-electron chi connectivity index (χ4n) is 3.39. The predicted molar refractivity (Wildman–Crippen MR) is 89.6 cm³/mol. The topological polar surface area (TPSA) is 95.8 Å². The van der Waals surface area contributed by atoms with Crippen LogP contribution in [0.5, 0.6) is 0 Å². The molecule has 0 bridgehead atoms. The summed E-state index contributed by atoms with van der Waals surface area (Å²) in [5, 5.41) is 17.4. The summed E-state index contributed by atoms with van der Waals surface area (Å²) >= 11 is 0. The number of aliphatic hydroxyl groups excluding tert-OH is 1.